The Morgan fingerprint density at radius 1 is 1.35 bits per heavy atom. The summed E-state index contributed by atoms with van der Waals surface area (Å²) in [6, 6.07) is 9.80. The highest BCUT2D eigenvalue weighted by atomic mass is 32.1. The number of rotatable bonds is 6. The van der Waals surface area contributed by atoms with Crippen molar-refractivity contribution in [2.75, 3.05) is 20.1 Å². The summed E-state index contributed by atoms with van der Waals surface area (Å²) in [5, 5.41) is 6.95. The Labute approximate surface area is 158 Å². The van der Waals surface area contributed by atoms with Crippen LogP contribution in [0.2, 0.25) is 0 Å². The number of nitrogens with zero attached hydrogens (tertiary/aromatic N) is 2. The molecular formula is C20H25N3O2S. The molecule has 0 unspecified atom stereocenters. The number of benzene rings is 1. The van der Waals surface area contributed by atoms with Crippen LogP contribution in [-0.4, -0.2) is 47.8 Å². The van der Waals surface area contributed by atoms with Gasteiger partial charge in [-0.25, -0.2) is 0 Å². The molecule has 1 aromatic carbocycles. The summed E-state index contributed by atoms with van der Waals surface area (Å²) >= 11 is 1.62. The molecule has 1 N–H and O–H groups in total. The third kappa shape index (κ3) is 4.51. The minimum Gasteiger partial charge on any atom is -0.353 e. The van der Waals surface area contributed by atoms with Gasteiger partial charge in [-0.05, 0) is 40.4 Å². The third-order valence-corrected chi connectivity index (χ3v) is 5.60. The lowest BCUT2D eigenvalue weighted by molar-refractivity contribution is -0.138. The number of thiophene rings is 1. The van der Waals surface area contributed by atoms with Crippen molar-refractivity contribution in [2.24, 2.45) is 0 Å². The van der Waals surface area contributed by atoms with Crippen molar-refractivity contribution in [2.45, 2.75) is 32.5 Å². The number of piperazine rings is 1. The van der Waals surface area contributed by atoms with E-state index < -0.39 is 6.04 Å². The standard InChI is InChI=1S/C20H25N3O2S/c1-15-5-3-4-6-17(15)13-23-9-8-21-20(25)18(23)11-19(24)22(2)12-16-7-10-26-14-16/h3-7,10,14,18H,8-9,11-13H2,1-2H3,(H,21,25)/t18-/m0/s1. The van der Waals surface area contributed by atoms with Crippen LogP contribution in [-0.2, 0) is 22.7 Å². The fourth-order valence-corrected chi connectivity index (χ4v) is 3.91. The topological polar surface area (TPSA) is 52.7 Å². The van der Waals surface area contributed by atoms with Gasteiger partial charge in [-0.3, -0.25) is 14.5 Å². The smallest absolute Gasteiger partial charge is 0.237 e. The molecule has 0 aliphatic carbocycles. The lowest BCUT2D eigenvalue weighted by atomic mass is 10.0. The normalized spacial score (nSPS) is 17.8. The first-order valence-electron chi connectivity index (χ1n) is 8.86. The van der Waals surface area contributed by atoms with Crippen LogP contribution < -0.4 is 5.32 Å². The number of aryl methyl sites for hydroxylation is 1. The van der Waals surface area contributed by atoms with Gasteiger partial charge < -0.3 is 10.2 Å². The lowest BCUT2D eigenvalue weighted by Crippen LogP contribution is -2.56. The monoisotopic (exact) mass is 371 g/mol. The Kier molecular flexibility index (Phi) is 6.06. The molecule has 1 aliphatic heterocycles. The van der Waals surface area contributed by atoms with Crippen LogP contribution in [0.4, 0.5) is 0 Å². The van der Waals surface area contributed by atoms with Crippen LogP contribution in [0, 0.1) is 6.92 Å². The first-order valence-corrected chi connectivity index (χ1v) is 9.80. The summed E-state index contributed by atoms with van der Waals surface area (Å²) in [7, 11) is 1.80. The Morgan fingerprint density at radius 2 is 2.15 bits per heavy atom. The molecule has 1 aliphatic rings. The van der Waals surface area contributed by atoms with Crippen LogP contribution in [0.25, 0.3) is 0 Å². The van der Waals surface area contributed by atoms with Crippen LogP contribution in [0.5, 0.6) is 0 Å². The van der Waals surface area contributed by atoms with Gasteiger partial charge in [0, 0.05) is 33.2 Å². The van der Waals surface area contributed by atoms with E-state index in [1.54, 1.807) is 23.3 Å². The van der Waals surface area contributed by atoms with Crippen LogP contribution in [0.3, 0.4) is 0 Å². The number of hydrogen-bond acceptors (Lipinski definition) is 4. The molecule has 3 rings (SSSR count). The zero-order valence-electron chi connectivity index (χ0n) is 15.3. The summed E-state index contributed by atoms with van der Waals surface area (Å²) in [5.41, 5.74) is 3.53. The predicted octanol–water partition coefficient (Wildman–Crippen LogP) is 2.41. The number of hydrogen-bond donors (Lipinski definition) is 1. The van der Waals surface area contributed by atoms with Gasteiger partial charge in [0.15, 0.2) is 0 Å². The van der Waals surface area contributed by atoms with Gasteiger partial charge in [-0.2, -0.15) is 11.3 Å². The van der Waals surface area contributed by atoms with Gasteiger partial charge in [0.25, 0.3) is 0 Å². The van der Waals surface area contributed by atoms with Crippen LogP contribution >= 0.6 is 11.3 Å². The molecule has 1 aromatic heterocycles. The SMILES string of the molecule is Cc1ccccc1CN1CCNC(=O)[C@@H]1CC(=O)N(C)Cc1ccsc1. The Hall–Kier alpha value is -2.18. The van der Waals surface area contributed by atoms with Crippen LogP contribution in [0.1, 0.15) is 23.1 Å². The second kappa shape index (κ2) is 8.47. The maximum Gasteiger partial charge on any atom is 0.237 e. The molecule has 0 spiro atoms. The molecule has 1 saturated heterocycles. The molecule has 0 saturated carbocycles. The zero-order chi connectivity index (χ0) is 18.5. The Morgan fingerprint density at radius 3 is 2.88 bits per heavy atom. The van der Waals surface area contributed by atoms with Gasteiger partial charge in [-0.1, -0.05) is 24.3 Å². The fourth-order valence-electron chi connectivity index (χ4n) is 3.25. The highest BCUT2D eigenvalue weighted by molar-refractivity contribution is 7.07. The lowest BCUT2D eigenvalue weighted by Gasteiger charge is -2.35. The summed E-state index contributed by atoms with van der Waals surface area (Å²) in [6.45, 7) is 4.72. The summed E-state index contributed by atoms with van der Waals surface area (Å²) in [5.74, 6) is -0.0600. The van der Waals surface area contributed by atoms with Crippen molar-refractivity contribution in [1.82, 2.24) is 15.1 Å². The van der Waals surface area contributed by atoms with E-state index in [0.29, 0.717) is 19.6 Å². The van der Waals surface area contributed by atoms with E-state index in [0.717, 1.165) is 12.1 Å². The second-order valence-corrected chi connectivity index (χ2v) is 7.57. The number of carbonyl (C=O) groups excluding carboxylic acids is 2. The highest BCUT2D eigenvalue weighted by Crippen LogP contribution is 2.18. The van der Waals surface area contributed by atoms with E-state index in [2.05, 4.69) is 29.3 Å². The first kappa shape index (κ1) is 18.6. The maximum atomic E-state index is 12.7. The van der Waals surface area contributed by atoms with Crippen molar-refractivity contribution in [3.05, 3.63) is 57.8 Å². The van der Waals surface area contributed by atoms with E-state index in [1.165, 1.54) is 11.1 Å². The average molecular weight is 372 g/mol. The van der Waals surface area contributed by atoms with Gasteiger partial charge in [0.2, 0.25) is 11.8 Å². The molecular weight excluding hydrogens is 346 g/mol. The van der Waals surface area contributed by atoms with E-state index >= 15 is 0 Å². The Bertz CT molecular complexity index is 760. The molecule has 1 fully saturated rings. The fraction of sp³-hybridized carbons (Fsp3) is 0.400. The number of nitrogens with one attached hydrogen (secondary N) is 1. The van der Waals surface area contributed by atoms with Crippen LogP contribution in [0.15, 0.2) is 41.1 Å². The van der Waals surface area contributed by atoms with Gasteiger partial charge in [-0.15, -0.1) is 0 Å². The van der Waals surface area contributed by atoms with E-state index in [1.807, 2.05) is 29.0 Å². The first-order chi connectivity index (χ1) is 12.5. The maximum absolute atomic E-state index is 12.7. The van der Waals surface area contributed by atoms with Gasteiger partial charge in [0.1, 0.15) is 0 Å². The molecule has 2 heterocycles. The van der Waals surface area contributed by atoms with Crippen molar-refractivity contribution in [1.29, 1.82) is 0 Å². The Balaban J connectivity index is 1.67. The molecule has 1 atom stereocenters. The third-order valence-electron chi connectivity index (χ3n) is 4.87. The van der Waals surface area contributed by atoms with E-state index in [-0.39, 0.29) is 18.2 Å². The molecule has 26 heavy (non-hydrogen) atoms. The molecule has 2 aromatic rings. The van der Waals surface area contributed by atoms with Crippen molar-refractivity contribution < 1.29 is 9.59 Å². The molecule has 2 amide bonds. The number of amides is 2. The van der Waals surface area contributed by atoms with E-state index in [4.69, 9.17) is 0 Å². The predicted molar refractivity (Wildman–Crippen MR) is 104 cm³/mol. The summed E-state index contributed by atoms with van der Waals surface area (Å²) < 4.78 is 0. The van der Waals surface area contributed by atoms with Gasteiger partial charge >= 0.3 is 0 Å². The summed E-state index contributed by atoms with van der Waals surface area (Å²) in [6.07, 6.45) is 0.207. The van der Waals surface area contributed by atoms with Crippen molar-refractivity contribution >= 4 is 23.2 Å². The average Bonchev–Trinajstić information content (AvgIpc) is 3.12. The van der Waals surface area contributed by atoms with Crippen molar-refractivity contribution in [3.63, 3.8) is 0 Å². The molecule has 138 valence electrons. The quantitative estimate of drug-likeness (QED) is 0.848. The van der Waals surface area contributed by atoms with Gasteiger partial charge in [0.05, 0.1) is 12.5 Å². The summed E-state index contributed by atoms with van der Waals surface area (Å²) in [4.78, 5) is 28.9. The minimum absolute atomic E-state index is 0.00645. The molecule has 5 nitrogen and oxygen atoms in total. The molecule has 0 radical (unpaired) electrons. The second-order valence-electron chi connectivity index (χ2n) is 6.79. The molecule has 6 heteroatoms. The van der Waals surface area contributed by atoms with Crippen molar-refractivity contribution in [3.8, 4) is 0 Å². The largest absolute Gasteiger partial charge is 0.353 e. The highest BCUT2D eigenvalue weighted by Gasteiger charge is 2.32. The number of carbonyl (C=O) groups is 2. The minimum atomic E-state index is -0.416. The molecule has 0 bridgehead atoms. The zero-order valence-corrected chi connectivity index (χ0v) is 16.1. The van der Waals surface area contributed by atoms with E-state index in [9.17, 15) is 9.59 Å².